The molecule has 1 aliphatic carbocycles. The molecule has 3 heterocycles. The minimum absolute atomic E-state index is 0.0599. The molecule has 1 saturated carbocycles. The highest BCUT2D eigenvalue weighted by Gasteiger charge is 2.54. The van der Waals surface area contributed by atoms with E-state index in [1.54, 1.807) is 36.4 Å². The van der Waals surface area contributed by atoms with Gasteiger partial charge in [0.15, 0.2) is 0 Å². The van der Waals surface area contributed by atoms with E-state index < -0.39 is 23.9 Å². The van der Waals surface area contributed by atoms with Crippen molar-refractivity contribution in [3.8, 4) is 11.5 Å². The minimum atomic E-state index is -2.86. The molecule has 0 atom stereocenters. The molecule has 1 aliphatic heterocycles. The van der Waals surface area contributed by atoms with Crippen LogP contribution in [0.4, 0.5) is 18.9 Å². The molecule has 2 fully saturated rings. The van der Waals surface area contributed by atoms with Crippen molar-refractivity contribution in [2.24, 2.45) is 0 Å². The predicted molar refractivity (Wildman–Crippen MR) is 118 cm³/mol. The van der Waals surface area contributed by atoms with Crippen LogP contribution < -0.4 is 4.90 Å². The Morgan fingerprint density at radius 2 is 1.85 bits per heavy atom. The summed E-state index contributed by atoms with van der Waals surface area (Å²) < 4.78 is 46.0. The summed E-state index contributed by atoms with van der Waals surface area (Å²) >= 11 is 0. The highest BCUT2D eigenvalue weighted by molar-refractivity contribution is 6.00. The van der Waals surface area contributed by atoms with Crippen LogP contribution in [0.25, 0.3) is 11.5 Å². The summed E-state index contributed by atoms with van der Waals surface area (Å²) in [5.74, 6) is -1.42. The fraction of sp³-hybridized carbons (Fsp3) is 0.417. The Labute approximate surface area is 194 Å². The van der Waals surface area contributed by atoms with Crippen LogP contribution in [0.3, 0.4) is 0 Å². The van der Waals surface area contributed by atoms with Crippen LogP contribution in [-0.2, 0) is 11.3 Å². The van der Waals surface area contributed by atoms with Gasteiger partial charge in [-0.15, -0.1) is 10.2 Å². The summed E-state index contributed by atoms with van der Waals surface area (Å²) in [7, 11) is 0. The van der Waals surface area contributed by atoms with E-state index in [-0.39, 0.29) is 25.5 Å². The molecule has 5 rings (SSSR count). The van der Waals surface area contributed by atoms with Gasteiger partial charge in [-0.05, 0) is 37.1 Å². The van der Waals surface area contributed by atoms with E-state index in [9.17, 15) is 13.6 Å². The number of rotatable bonds is 7. The monoisotopic (exact) mass is 471 g/mol. The lowest BCUT2D eigenvalue weighted by Crippen LogP contribution is -2.68. The summed E-state index contributed by atoms with van der Waals surface area (Å²) in [6.07, 6.45) is 2.97. The molecule has 2 aliphatic rings. The van der Waals surface area contributed by atoms with Gasteiger partial charge in [0.25, 0.3) is 11.8 Å². The van der Waals surface area contributed by atoms with Crippen LogP contribution in [0.2, 0.25) is 0 Å². The van der Waals surface area contributed by atoms with Crippen molar-refractivity contribution >= 4 is 11.6 Å². The van der Waals surface area contributed by atoms with Crippen molar-refractivity contribution in [1.82, 2.24) is 20.1 Å². The SMILES string of the molecule is O=C(N(Cc1ccc(-c2nnc(C(F)F)o2)cn1)c1ccccc1)C1(F)CN(C2CCCC2)C1. The molecule has 2 aromatic heterocycles. The van der Waals surface area contributed by atoms with E-state index in [0.29, 0.717) is 23.0 Å². The first-order valence-corrected chi connectivity index (χ1v) is 11.3. The maximum atomic E-state index is 15.7. The maximum Gasteiger partial charge on any atom is 0.314 e. The lowest BCUT2D eigenvalue weighted by molar-refractivity contribution is -0.145. The zero-order valence-electron chi connectivity index (χ0n) is 18.4. The third-order valence-corrected chi connectivity index (χ3v) is 6.46. The number of amides is 1. The molecule has 3 aromatic rings. The van der Waals surface area contributed by atoms with E-state index in [2.05, 4.69) is 20.1 Å². The fourth-order valence-corrected chi connectivity index (χ4v) is 4.64. The smallest absolute Gasteiger partial charge is 0.314 e. The van der Waals surface area contributed by atoms with Gasteiger partial charge < -0.3 is 9.32 Å². The number of hydrogen-bond acceptors (Lipinski definition) is 6. The highest BCUT2D eigenvalue weighted by Crippen LogP contribution is 2.36. The highest BCUT2D eigenvalue weighted by atomic mass is 19.3. The van der Waals surface area contributed by atoms with Crippen LogP contribution in [0, 0.1) is 0 Å². The Kier molecular flexibility index (Phi) is 6.07. The molecule has 1 amide bonds. The first kappa shape index (κ1) is 22.5. The van der Waals surface area contributed by atoms with Gasteiger partial charge in [-0.25, -0.2) is 4.39 Å². The van der Waals surface area contributed by atoms with Crippen molar-refractivity contribution in [2.75, 3.05) is 18.0 Å². The topological polar surface area (TPSA) is 75.4 Å². The molecule has 0 radical (unpaired) electrons. The number of hydrogen-bond donors (Lipinski definition) is 0. The van der Waals surface area contributed by atoms with Crippen LogP contribution in [0.5, 0.6) is 0 Å². The molecule has 10 heteroatoms. The third-order valence-electron chi connectivity index (χ3n) is 6.46. The van der Waals surface area contributed by atoms with E-state index in [1.165, 1.54) is 11.1 Å². The van der Waals surface area contributed by atoms with Crippen LogP contribution >= 0.6 is 0 Å². The van der Waals surface area contributed by atoms with Gasteiger partial charge >= 0.3 is 6.43 Å². The van der Waals surface area contributed by atoms with Gasteiger partial charge in [-0.3, -0.25) is 14.7 Å². The molecule has 7 nitrogen and oxygen atoms in total. The molecule has 0 N–H and O–H groups in total. The summed E-state index contributed by atoms with van der Waals surface area (Å²) in [5, 5.41) is 6.92. The Bertz CT molecular complexity index is 1130. The van der Waals surface area contributed by atoms with E-state index in [0.717, 1.165) is 25.7 Å². The zero-order chi connectivity index (χ0) is 23.7. The van der Waals surface area contributed by atoms with Gasteiger partial charge in [0.2, 0.25) is 11.6 Å². The lowest BCUT2D eigenvalue weighted by Gasteiger charge is -2.48. The minimum Gasteiger partial charge on any atom is -0.415 e. The number of para-hydroxylation sites is 1. The van der Waals surface area contributed by atoms with Gasteiger partial charge in [0.05, 0.1) is 17.8 Å². The molecule has 178 valence electrons. The second-order valence-electron chi connectivity index (χ2n) is 8.82. The molecule has 1 saturated heterocycles. The Hall–Kier alpha value is -3.27. The van der Waals surface area contributed by atoms with E-state index in [4.69, 9.17) is 4.42 Å². The first-order valence-electron chi connectivity index (χ1n) is 11.3. The molecule has 0 unspecified atom stereocenters. The van der Waals surface area contributed by atoms with E-state index in [1.807, 2.05) is 6.07 Å². The predicted octanol–water partition coefficient (Wildman–Crippen LogP) is 4.57. The first-order chi connectivity index (χ1) is 16.4. The van der Waals surface area contributed by atoms with Crippen LogP contribution in [0.15, 0.2) is 53.1 Å². The van der Waals surface area contributed by atoms with Crippen molar-refractivity contribution in [1.29, 1.82) is 0 Å². The molecular formula is C24H24F3N5O2. The third kappa shape index (κ3) is 4.42. The number of carbonyl (C=O) groups is 1. The summed E-state index contributed by atoms with van der Waals surface area (Å²) in [6.45, 7) is 0.274. The average Bonchev–Trinajstić information content (AvgIpc) is 3.54. The number of anilines is 1. The van der Waals surface area contributed by atoms with Crippen LogP contribution in [0.1, 0.15) is 43.7 Å². The molecule has 34 heavy (non-hydrogen) atoms. The average molecular weight is 471 g/mol. The molecular weight excluding hydrogens is 447 g/mol. The van der Waals surface area contributed by atoms with Gasteiger partial charge in [0, 0.05) is 31.0 Å². The lowest BCUT2D eigenvalue weighted by atomic mass is 9.91. The Morgan fingerprint density at radius 3 is 2.47 bits per heavy atom. The Morgan fingerprint density at radius 1 is 1.12 bits per heavy atom. The number of carbonyl (C=O) groups excluding carboxylic acids is 1. The van der Waals surface area contributed by atoms with Gasteiger partial charge in [0.1, 0.15) is 0 Å². The van der Waals surface area contributed by atoms with Gasteiger partial charge in [-0.2, -0.15) is 8.78 Å². The molecule has 1 aromatic carbocycles. The summed E-state index contributed by atoms with van der Waals surface area (Å²) in [6, 6.07) is 12.5. The summed E-state index contributed by atoms with van der Waals surface area (Å²) in [4.78, 5) is 21.2. The largest absolute Gasteiger partial charge is 0.415 e. The maximum absolute atomic E-state index is 15.7. The number of nitrogens with zero attached hydrogens (tertiary/aromatic N) is 5. The number of halogens is 3. The molecule has 0 spiro atoms. The standard InChI is InChI=1S/C24H24F3N5O2/c25-20(26)22-30-29-21(34-22)16-10-11-17(28-12-16)13-32(19-8-2-1-3-9-19)23(33)24(27)14-31(15-24)18-6-4-5-7-18/h1-3,8-12,18,20H,4-7,13-15H2. The normalized spacial score (nSPS) is 18.2. The number of likely N-dealkylation sites (tertiary alicyclic amines) is 1. The second kappa shape index (κ2) is 9.17. The van der Waals surface area contributed by atoms with Crippen molar-refractivity contribution in [3.63, 3.8) is 0 Å². The number of benzene rings is 1. The number of alkyl halides is 3. The van der Waals surface area contributed by atoms with Crippen molar-refractivity contribution in [2.45, 2.75) is 50.4 Å². The quantitative estimate of drug-likeness (QED) is 0.503. The summed E-state index contributed by atoms with van der Waals surface area (Å²) in [5.41, 5.74) is -0.486. The molecule has 0 bridgehead atoms. The fourth-order valence-electron chi connectivity index (χ4n) is 4.64. The van der Waals surface area contributed by atoms with Crippen molar-refractivity contribution in [3.05, 3.63) is 60.2 Å². The zero-order valence-corrected chi connectivity index (χ0v) is 18.4. The number of aromatic nitrogens is 3. The second-order valence-corrected chi connectivity index (χ2v) is 8.82. The van der Waals surface area contributed by atoms with E-state index >= 15 is 4.39 Å². The number of pyridine rings is 1. The van der Waals surface area contributed by atoms with Gasteiger partial charge in [-0.1, -0.05) is 31.0 Å². The van der Waals surface area contributed by atoms with Crippen molar-refractivity contribution < 1.29 is 22.4 Å². The van der Waals surface area contributed by atoms with Crippen LogP contribution in [-0.4, -0.2) is 50.8 Å². The Balaban J connectivity index is 1.33.